The third-order valence-corrected chi connectivity index (χ3v) is 4.02. The van der Waals surface area contributed by atoms with Crippen LogP contribution in [0.3, 0.4) is 0 Å². The van der Waals surface area contributed by atoms with Crippen molar-refractivity contribution in [1.82, 2.24) is 0 Å². The van der Waals surface area contributed by atoms with Gasteiger partial charge in [0.05, 0.1) is 0 Å². The summed E-state index contributed by atoms with van der Waals surface area (Å²) >= 11 is 0. The van der Waals surface area contributed by atoms with Crippen LogP contribution in [0.1, 0.15) is 6.92 Å². The number of nitriles is 1. The lowest BCUT2D eigenvalue weighted by atomic mass is 10.2. The summed E-state index contributed by atoms with van der Waals surface area (Å²) in [4.78, 5) is 23.6. The molecule has 0 atom stereocenters. The van der Waals surface area contributed by atoms with Crippen LogP contribution in [-0.4, -0.2) is 11.8 Å². The lowest BCUT2D eigenvalue weighted by Gasteiger charge is -2.08. The van der Waals surface area contributed by atoms with E-state index in [1.165, 1.54) is 13.1 Å². The number of carbonyl (C=O) groups excluding carboxylic acids is 2. The van der Waals surface area contributed by atoms with Crippen LogP contribution in [0, 0.1) is 11.3 Å². The highest BCUT2D eigenvalue weighted by Crippen LogP contribution is 2.23. The Bertz CT molecular complexity index is 1130. The van der Waals surface area contributed by atoms with Crippen LogP contribution in [-0.2, 0) is 9.59 Å². The number of nitrogens with zero attached hydrogens (tertiary/aromatic N) is 1. The third-order valence-electron chi connectivity index (χ3n) is 4.02. The first-order valence-corrected chi connectivity index (χ1v) is 9.42. The molecule has 0 aliphatic heterocycles. The molecule has 0 saturated carbocycles. The van der Waals surface area contributed by atoms with Gasteiger partial charge in [-0.1, -0.05) is 24.3 Å². The van der Waals surface area contributed by atoms with Gasteiger partial charge in [0.15, 0.2) is 0 Å². The van der Waals surface area contributed by atoms with Crippen LogP contribution in [0.2, 0.25) is 0 Å². The van der Waals surface area contributed by atoms with Gasteiger partial charge < -0.3 is 20.7 Å². The molecule has 3 aromatic rings. The Balaban J connectivity index is 1.61. The van der Waals surface area contributed by atoms with Crippen LogP contribution in [0.15, 0.2) is 90.6 Å². The molecule has 3 rings (SSSR count). The average molecular weight is 412 g/mol. The first-order chi connectivity index (χ1) is 15.0. The molecule has 0 aliphatic rings. The summed E-state index contributed by atoms with van der Waals surface area (Å²) in [5.41, 5.74) is 1.65. The van der Waals surface area contributed by atoms with E-state index >= 15 is 0 Å². The van der Waals surface area contributed by atoms with E-state index in [-0.39, 0.29) is 11.5 Å². The van der Waals surface area contributed by atoms with Crippen molar-refractivity contribution in [2.24, 2.45) is 0 Å². The Kier molecular flexibility index (Phi) is 7.01. The molecule has 0 aromatic heterocycles. The van der Waals surface area contributed by atoms with Crippen molar-refractivity contribution >= 4 is 28.9 Å². The molecule has 0 bridgehead atoms. The van der Waals surface area contributed by atoms with E-state index in [0.29, 0.717) is 28.6 Å². The zero-order chi connectivity index (χ0) is 22.1. The molecule has 0 fully saturated rings. The number of hydrogen-bond donors (Lipinski definition) is 3. The van der Waals surface area contributed by atoms with Crippen molar-refractivity contribution in [2.45, 2.75) is 6.92 Å². The maximum absolute atomic E-state index is 12.4. The van der Waals surface area contributed by atoms with Crippen molar-refractivity contribution in [3.05, 3.63) is 90.6 Å². The van der Waals surface area contributed by atoms with Gasteiger partial charge in [0.25, 0.3) is 5.91 Å². The predicted octanol–water partition coefficient (Wildman–Crippen LogP) is 4.90. The molecule has 2 amide bonds. The van der Waals surface area contributed by atoms with Gasteiger partial charge >= 0.3 is 0 Å². The smallest absolute Gasteiger partial charge is 0.267 e. The minimum Gasteiger partial charge on any atom is -0.457 e. The molecule has 0 unspecified atom stereocenters. The molecule has 7 nitrogen and oxygen atoms in total. The van der Waals surface area contributed by atoms with Gasteiger partial charge in [-0.05, 0) is 54.6 Å². The van der Waals surface area contributed by atoms with Crippen LogP contribution >= 0.6 is 0 Å². The van der Waals surface area contributed by atoms with E-state index in [1.807, 2.05) is 36.4 Å². The van der Waals surface area contributed by atoms with Crippen molar-refractivity contribution in [3.63, 3.8) is 0 Å². The largest absolute Gasteiger partial charge is 0.457 e. The fourth-order valence-corrected chi connectivity index (χ4v) is 2.62. The number of rotatable bonds is 7. The molecular formula is C24H20N4O3. The van der Waals surface area contributed by atoms with Gasteiger partial charge in [0, 0.05) is 30.2 Å². The Morgan fingerprint density at radius 1 is 0.839 bits per heavy atom. The highest BCUT2D eigenvalue weighted by molar-refractivity contribution is 6.06. The number of ether oxygens (including phenoxy) is 1. The zero-order valence-electron chi connectivity index (χ0n) is 16.8. The fourth-order valence-electron chi connectivity index (χ4n) is 2.62. The third kappa shape index (κ3) is 6.48. The van der Waals surface area contributed by atoms with Crippen LogP contribution in [0.25, 0.3) is 0 Å². The minimum atomic E-state index is -0.551. The average Bonchev–Trinajstić information content (AvgIpc) is 2.76. The lowest BCUT2D eigenvalue weighted by molar-refractivity contribution is -0.114. The number of hydrogen-bond acceptors (Lipinski definition) is 5. The normalized spacial score (nSPS) is 10.5. The second-order valence-corrected chi connectivity index (χ2v) is 6.47. The monoisotopic (exact) mass is 412 g/mol. The first-order valence-electron chi connectivity index (χ1n) is 9.42. The van der Waals surface area contributed by atoms with E-state index in [4.69, 9.17) is 4.74 Å². The lowest BCUT2D eigenvalue weighted by Crippen LogP contribution is -2.14. The Morgan fingerprint density at radius 3 is 2.19 bits per heavy atom. The molecule has 7 heteroatoms. The first kappa shape index (κ1) is 21.1. The van der Waals surface area contributed by atoms with Gasteiger partial charge in [-0.15, -0.1) is 0 Å². The summed E-state index contributed by atoms with van der Waals surface area (Å²) < 4.78 is 5.72. The van der Waals surface area contributed by atoms with Crippen molar-refractivity contribution in [1.29, 1.82) is 5.26 Å². The number of amides is 2. The molecule has 0 spiro atoms. The number of carbonyl (C=O) groups is 2. The molecular weight excluding hydrogens is 392 g/mol. The van der Waals surface area contributed by atoms with Crippen molar-refractivity contribution in [2.75, 3.05) is 16.0 Å². The molecule has 154 valence electrons. The number of nitrogens with one attached hydrogen (secondary N) is 3. The van der Waals surface area contributed by atoms with Gasteiger partial charge in [0.2, 0.25) is 5.91 Å². The molecule has 0 heterocycles. The SMILES string of the molecule is CC(=O)Nc1cccc(N/C=C(/C#N)C(=O)Nc2ccc(Oc3ccccc3)cc2)c1. The molecule has 0 aliphatic carbocycles. The summed E-state index contributed by atoms with van der Waals surface area (Å²) in [5.74, 6) is 0.596. The highest BCUT2D eigenvalue weighted by Gasteiger charge is 2.10. The van der Waals surface area contributed by atoms with Crippen molar-refractivity contribution < 1.29 is 14.3 Å². The summed E-state index contributed by atoms with van der Waals surface area (Å²) in [6.07, 6.45) is 1.31. The second-order valence-electron chi connectivity index (χ2n) is 6.47. The number of benzene rings is 3. The summed E-state index contributed by atoms with van der Waals surface area (Å²) in [6, 6.07) is 25.0. The predicted molar refractivity (Wildman–Crippen MR) is 120 cm³/mol. The van der Waals surface area contributed by atoms with Crippen LogP contribution in [0.4, 0.5) is 17.1 Å². The number of para-hydroxylation sites is 1. The van der Waals surface area contributed by atoms with Crippen LogP contribution < -0.4 is 20.7 Å². The van der Waals surface area contributed by atoms with E-state index < -0.39 is 5.91 Å². The Morgan fingerprint density at radius 2 is 1.52 bits per heavy atom. The molecule has 31 heavy (non-hydrogen) atoms. The van der Waals surface area contributed by atoms with E-state index in [2.05, 4.69) is 16.0 Å². The maximum Gasteiger partial charge on any atom is 0.267 e. The fraction of sp³-hybridized carbons (Fsp3) is 0.0417. The summed E-state index contributed by atoms with van der Waals surface area (Å²) in [5, 5.41) is 17.6. The highest BCUT2D eigenvalue weighted by atomic mass is 16.5. The molecule has 3 N–H and O–H groups in total. The van der Waals surface area contributed by atoms with Crippen LogP contribution in [0.5, 0.6) is 11.5 Å². The van der Waals surface area contributed by atoms with Gasteiger partial charge in [-0.3, -0.25) is 9.59 Å². The summed E-state index contributed by atoms with van der Waals surface area (Å²) in [6.45, 7) is 1.42. The molecule has 0 saturated heterocycles. The maximum atomic E-state index is 12.4. The minimum absolute atomic E-state index is 0.102. The second kappa shape index (κ2) is 10.3. The zero-order valence-corrected chi connectivity index (χ0v) is 16.8. The summed E-state index contributed by atoms with van der Waals surface area (Å²) in [7, 11) is 0. The topological polar surface area (TPSA) is 103 Å². The molecule has 0 radical (unpaired) electrons. The Hall–Kier alpha value is -4.57. The Labute approximate surface area is 180 Å². The van der Waals surface area contributed by atoms with Gasteiger partial charge in [0.1, 0.15) is 23.1 Å². The van der Waals surface area contributed by atoms with Gasteiger partial charge in [-0.2, -0.15) is 5.26 Å². The van der Waals surface area contributed by atoms with Crippen molar-refractivity contribution in [3.8, 4) is 17.6 Å². The van der Waals surface area contributed by atoms with E-state index in [1.54, 1.807) is 48.5 Å². The van der Waals surface area contributed by atoms with Gasteiger partial charge in [-0.25, -0.2) is 0 Å². The molecule has 3 aromatic carbocycles. The van der Waals surface area contributed by atoms with E-state index in [9.17, 15) is 14.9 Å². The van der Waals surface area contributed by atoms with E-state index in [0.717, 1.165) is 0 Å². The standard InChI is InChI=1S/C24H20N4O3/c1-17(29)27-21-7-5-6-20(14-21)26-16-18(15-25)24(30)28-19-10-12-23(13-11-19)31-22-8-3-2-4-9-22/h2-14,16,26H,1H3,(H,27,29)(H,28,30)/b18-16-. The quantitative estimate of drug-likeness (QED) is 0.378. The number of anilines is 3.